The third kappa shape index (κ3) is 5.13. The Bertz CT molecular complexity index is 817. The summed E-state index contributed by atoms with van der Waals surface area (Å²) in [5, 5.41) is 13.1. The minimum Gasteiger partial charge on any atom is -0.465 e. The van der Waals surface area contributed by atoms with Crippen LogP contribution in [0.25, 0.3) is 0 Å². The summed E-state index contributed by atoms with van der Waals surface area (Å²) in [6, 6.07) is 4.50. The molecule has 0 aromatic heterocycles. The molecule has 1 aromatic rings. The molecule has 3 N–H and O–H groups in total. The molecule has 8 nitrogen and oxygen atoms in total. The highest BCUT2D eigenvalue weighted by molar-refractivity contribution is 6.05. The number of carboxylic acid groups (broad SMARTS) is 1. The number of carbonyl (C=O) groups excluding carboxylic acids is 3. The Morgan fingerprint density at radius 1 is 1.21 bits per heavy atom. The minimum atomic E-state index is -1.14. The summed E-state index contributed by atoms with van der Waals surface area (Å²) in [5.41, 5.74) is 1.93. The first-order chi connectivity index (χ1) is 13.8. The molecule has 1 saturated carbocycles. The van der Waals surface area contributed by atoms with Crippen LogP contribution in [-0.4, -0.2) is 39.9 Å². The van der Waals surface area contributed by atoms with Crippen molar-refractivity contribution in [3.8, 4) is 0 Å². The van der Waals surface area contributed by atoms with Crippen LogP contribution in [0.3, 0.4) is 0 Å². The Morgan fingerprint density at radius 3 is 2.52 bits per heavy atom. The smallest absolute Gasteiger partial charge is 0.404 e. The fraction of sp³-hybridized carbons (Fsp3) is 0.524. The number of piperidine rings is 1. The highest BCUT2D eigenvalue weighted by Gasteiger charge is 2.39. The van der Waals surface area contributed by atoms with E-state index in [1.807, 2.05) is 0 Å². The van der Waals surface area contributed by atoms with E-state index in [2.05, 4.69) is 17.6 Å². The summed E-state index contributed by atoms with van der Waals surface area (Å²) in [6.07, 6.45) is 5.34. The monoisotopic (exact) mass is 401 g/mol. The Labute approximate surface area is 169 Å². The van der Waals surface area contributed by atoms with Gasteiger partial charge in [0.2, 0.25) is 11.8 Å². The molecular weight excluding hydrogens is 374 g/mol. The summed E-state index contributed by atoms with van der Waals surface area (Å²) in [4.78, 5) is 47.7. The topological polar surface area (TPSA) is 116 Å². The molecule has 1 atom stereocenters. The molecule has 29 heavy (non-hydrogen) atoms. The predicted molar refractivity (Wildman–Crippen MR) is 105 cm³/mol. The summed E-state index contributed by atoms with van der Waals surface area (Å²) >= 11 is 0. The number of amides is 4. The van der Waals surface area contributed by atoms with Gasteiger partial charge in [-0.15, -0.1) is 0 Å². The van der Waals surface area contributed by atoms with E-state index in [1.165, 1.54) is 30.6 Å². The van der Waals surface area contributed by atoms with Crippen LogP contribution in [0.1, 0.15) is 66.9 Å². The van der Waals surface area contributed by atoms with E-state index < -0.39 is 18.0 Å². The number of hydrogen-bond donors (Lipinski definition) is 3. The molecule has 1 saturated heterocycles. The second-order valence-electron chi connectivity index (χ2n) is 7.94. The summed E-state index contributed by atoms with van der Waals surface area (Å²) in [6.45, 7) is 2.76. The lowest BCUT2D eigenvalue weighted by Crippen LogP contribution is -2.52. The van der Waals surface area contributed by atoms with Crippen LogP contribution in [0.2, 0.25) is 0 Å². The summed E-state index contributed by atoms with van der Waals surface area (Å²) < 4.78 is 0. The first-order valence-electron chi connectivity index (χ1n) is 10.1. The average molecular weight is 401 g/mol. The minimum absolute atomic E-state index is 0.105. The number of nitrogens with one attached hydrogen (secondary N) is 2. The highest BCUT2D eigenvalue weighted by atomic mass is 16.4. The SMILES string of the molecule is CC1CCCC1.O=C(O)NCc1ccc2c(c1)C(=O)N(C1CCC(=O)NC1=O)C2. The van der Waals surface area contributed by atoms with Crippen molar-refractivity contribution in [1.82, 2.24) is 15.5 Å². The van der Waals surface area contributed by atoms with Gasteiger partial charge in [0.25, 0.3) is 5.91 Å². The van der Waals surface area contributed by atoms with Gasteiger partial charge in [-0.25, -0.2) is 4.79 Å². The maximum atomic E-state index is 12.5. The lowest BCUT2D eigenvalue weighted by molar-refractivity contribution is -0.136. The Balaban J connectivity index is 0.000000343. The third-order valence-corrected chi connectivity index (χ3v) is 5.68. The van der Waals surface area contributed by atoms with Crippen LogP contribution < -0.4 is 10.6 Å². The van der Waals surface area contributed by atoms with Crippen LogP contribution in [0, 0.1) is 5.92 Å². The zero-order chi connectivity index (χ0) is 21.0. The van der Waals surface area contributed by atoms with E-state index in [-0.39, 0.29) is 24.8 Å². The van der Waals surface area contributed by atoms with Crippen molar-refractivity contribution in [3.63, 3.8) is 0 Å². The van der Waals surface area contributed by atoms with Gasteiger partial charge in [-0.3, -0.25) is 19.7 Å². The maximum Gasteiger partial charge on any atom is 0.404 e. The van der Waals surface area contributed by atoms with Crippen LogP contribution in [-0.2, 0) is 22.7 Å². The van der Waals surface area contributed by atoms with Gasteiger partial charge in [-0.1, -0.05) is 44.7 Å². The number of nitrogens with zero attached hydrogens (tertiary/aromatic N) is 1. The number of imide groups is 1. The predicted octanol–water partition coefficient (Wildman–Crippen LogP) is 2.41. The molecule has 156 valence electrons. The van der Waals surface area contributed by atoms with Gasteiger partial charge in [-0.2, -0.15) is 0 Å². The molecule has 0 radical (unpaired) electrons. The molecular formula is C21H27N3O5. The van der Waals surface area contributed by atoms with Crippen molar-refractivity contribution in [2.75, 3.05) is 0 Å². The summed E-state index contributed by atoms with van der Waals surface area (Å²) in [5.74, 6) is 0.00397. The standard InChI is InChI=1S/C15H15N3O5.C6H12/c19-12-4-3-11(13(20)17-12)18-7-9-2-1-8(6-16-15(22)23)5-10(9)14(18)21;1-6-4-2-3-5-6/h1-2,5,11,16H,3-4,6-7H2,(H,22,23)(H,17,19,20);6H,2-5H2,1H3. The molecule has 4 amide bonds. The van der Waals surface area contributed by atoms with Gasteiger partial charge in [0.15, 0.2) is 0 Å². The molecule has 4 rings (SSSR count). The molecule has 2 heterocycles. The van der Waals surface area contributed by atoms with E-state index in [9.17, 15) is 19.2 Å². The van der Waals surface area contributed by atoms with Crippen LogP contribution in [0.4, 0.5) is 4.79 Å². The fourth-order valence-electron chi connectivity index (χ4n) is 4.02. The van der Waals surface area contributed by atoms with Crippen molar-refractivity contribution in [2.24, 2.45) is 5.92 Å². The molecule has 1 unspecified atom stereocenters. The second kappa shape index (κ2) is 9.07. The third-order valence-electron chi connectivity index (χ3n) is 5.68. The lowest BCUT2D eigenvalue weighted by Gasteiger charge is -2.29. The highest BCUT2D eigenvalue weighted by Crippen LogP contribution is 2.28. The van der Waals surface area contributed by atoms with Crippen LogP contribution in [0.5, 0.6) is 0 Å². The zero-order valence-electron chi connectivity index (χ0n) is 16.6. The molecule has 8 heteroatoms. The van der Waals surface area contributed by atoms with E-state index in [0.717, 1.165) is 11.5 Å². The Morgan fingerprint density at radius 2 is 1.93 bits per heavy atom. The van der Waals surface area contributed by atoms with Crippen molar-refractivity contribution in [1.29, 1.82) is 0 Å². The van der Waals surface area contributed by atoms with Crippen molar-refractivity contribution in [3.05, 3.63) is 34.9 Å². The quantitative estimate of drug-likeness (QED) is 0.673. The molecule has 1 aliphatic carbocycles. The maximum absolute atomic E-state index is 12.5. The van der Waals surface area contributed by atoms with Crippen molar-refractivity contribution < 1.29 is 24.3 Å². The van der Waals surface area contributed by atoms with Crippen molar-refractivity contribution in [2.45, 2.75) is 64.6 Å². The first-order valence-corrected chi connectivity index (χ1v) is 10.1. The Hall–Kier alpha value is -2.90. The molecule has 2 fully saturated rings. The van der Waals surface area contributed by atoms with Crippen LogP contribution in [0.15, 0.2) is 18.2 Å². The number of rotatable bonds is 3. The lowest BCUT2D eigenvalue weighted by atomic mass is 10.0. The molecule has 3 aliphatic rings. The van der Waals surface area contributed by atoms with Crippen LogP contribution >= 0.6 is 0 Å². The molecule has 1 aromatic carbocycles. The van der Waals surface area contributed by atoms with Gasteiger partial charge in [0.05, 0.1) is 0 Å². The largest absolute Gasteiger partial charge is 0.465 e. The zero-order valence-corrected chi connectivity index (χ0v) is 16.6. The molecule has 0 spiro atoms. The van der Waals surface area contributed by atoms with Crippen molar-refractivity contribution >= 4 is 23.8 Å². The van der Waals surface area contributed by atoms with E-state index in [0.29, 0.717) is 24.1 Å². The first kappa shape index (κ1) is 20.8. The van der Waals surface area contributed by atoms with E-state index in [1.54, 1.807) is 18.2 Å². The second-order valence-corrected chi connectivity index (χ2v) is 7.94. The van der Waals surface area contributed by atoms with Gasteiger partial charge in [0.1, 0.15) is 6.04 Å². The van der Waals surface area contributed by atoms with Gasteiger partial charge < -0.3 is 15.3 Å². The van der Waals surface area contributed by atoms with E-state index >= 15 is 0 Å². The van der Waals surface area contributed by atoms with Gasteiger partial charge in [0, 0.05) is 25.1 Å². The average Bonchev–Trinajstić information content (AvgIpc) is 3.28. The van der Waals surface area contributed by atoms with E-state index in [4.69, 9.17) is 5.11 Å². The summed E-state index contributed by atoms with van der Waals surface area (Å²) in [7, 11) is 0. The number of hydrogen-bond acceptors (Lipinski definition) is 4. The number of fused-ring (bicyclic) bond motifs is 1. The van der Waals surface area contributed by atoms with Gasteiger partial charge >= 0.3 is 6.09 Å². The number of benzene rings is 1. The number of carbonyl (C=O) groups is 4. The molecule has 2 aliphatic heterocycles. The molecule has 0 bridgehead atoms. The Kier molecular flexibility index (Phi) is 6.51. The fourth-order valence-corrected chi connectivity index (χ4v) is 4.02. The van der Waals surface area contributed by atoms with Gasteiger partial charge in [-0.05, 0) is 29.5 Å². The normalized spacial score (nSPS) is 21.3.